The van der Waals surface area contributed by atoms with Gasteiger partial charge in [-0.25, -0.2) is 0 Å². The average Bonchev–Trinajstić information content (AvgIpc) is 3.02. The fourth-order valence-electron chi connectivity index (χ4n) is 1.69. The first-order valence-electron chi connectivity index (χ1n) is 4.83. The number of nitrogens with zero attached hydrogens (tertiary/aromatic N) is 1. The van der Waals surface area contributed by atoms with Gasteiger partial charge in [-0.15, -0.1) is 22.7 Å². The van der Waals surface area contributed by atoms with Crippen LogP contribution in [0.1, 0.15) is 22.2 Å². The summed E-state index contributed by atoms with van der Waals surface area (Å²) in [4.78, 5) is 2.65. The Bertz CT molecular complexity index is 457. The van der Waals surface area contributed by atoms with E-state index in [1.54, 1.807) is 22.7 Å². The quantitative estimate of drug-likeness (QED) is 0.847. The fourth-order valence-corrected chi connectivity index (χ4v) is 3.19. The van der Waals surface area contributed by atoms with E-state index >= 15 is 0 Å². The summed E-state index contributed by atoms with van der Waals surface area (Å²) in [6.45, 7) is 0. The van der Waals surface area contributed by atoms with Crippen LogP contribution < -0.4 is 5.43 Å². The summed E-state index contributed by atoms with van der Waals surface area (Å²) in [6.07, 6.45) is 1.00. The van der Waals surface area contributed by atoms with Crippen LogP contribution in [0.15, 0.2) is 40.1 Å². The van der Waals surface area contributed by atoms with Crippen LogP contribution in [0.3, 0.4) is 0 Å². The smallest absolute Gasteiger partial charge is 0.0838 e. The molecule has 0 aliphatic carbocycles. The van der Waals surface area contributed by atoms with Crippen molar-refractivity contribution >= 4 is 28.4 Å². The maximum Gasteiger partial charge on any atom is 0.0838 e. The molecule has 1 atom stereocenters. The molecule has 0 radical (unpaired) electrons. The summed E-state index contributed by atoms with van der Waals surface area (Å²) >= 11 is 3.54. The first kappa shape index (κ1) is 9.12. The zero-order valence-electron chi connectivity index (χ0n) is 8.01. The monoisotopic (exact) mass is 234 g/mol. The molecule has 0 spiro atoms. The molecule has 0 amide bonds. The molecule has 0 fully saturated rings. The predicted octanol–water partition coefficient (Wildman–Crippen LogP) is 3.25. The van der Waals surface area contributed by atoms with E-state index in [0.717, 1.165) is 6.42 Å². The normalized spacial score (nSPS) is 20.0. The molecule has 2 nitrogen and oxygen atoms in total. The van der Waals surface area contributed by atoms with Crippen molar-refractivity contribution in [2.75, 3.05) is 0 Å². The molecular weight excluding hydrogens is 224 g/mol. The molecule has 2 aromatic rings. The van der Waals surface area contributed by atoms with Crippen molar-refractivity contribution < 1.29 is 0 Å². The van der Waals surface area contributed by atoms with E-state index in [9.17, 15) is 0 Å². The zero-order valence-corrected chi connectivity index (χ0v) is 9.65. The van der Waals surface area contributed by atoms with Crippen molar-refractivity contribution in [1.82, 2.24) is 5.43 Å². The highest BCUT2D eigenvalue weighted by Crippen LogP contribution is 2.28. The Morgan fingerprint density at radius 3 is 2.80 bits per heavy atom. The minimum atomic E-state index is 0.377. The van der Waals surface area contributed by atoms with Gasteiger partial charge in [0, 0.05) is 11.3 Å². The molecule has 0 bridgehead atoms. The van der Waals surface area contributed by atoms with Crippen molar-refractivity contribution in [3.05, 3.63) is 44.8 Å². The lowest BCUT2D eigenvalue weighted by molar-refractivity contribution is 0.630. The largest absolute Gasteiger partial charge is 0.301 e. The first-order chi connectivity index (χ1) is 7.43. The van der Waals surface area contributed by atoms with Crippen LogP contribution in [0.5, 0.6) is 0 Å². The second-order valence-corrected chi connectivity index (χ2v) is 5.36. The van der Waals surface area contributed by atoms with E-state index in [4.69, 9.17) is 0 Å². The maximum atomic E-state index is 4.40. The third kappa shape index (κ3) is 1.70. The SMILES string of the molecule is c1csc(C2=NNC(c3cccs3)C2)c1. The number of rotatable bonds is 2. The third-order valence-electron chi connectivity index (χ3n) is 2.45. The molecule has 15 heavy (non-hydrogen) atoms. The molecule has 1 aliphatic rings. The molecule has 3 rings (SSSR count). The summed E-state index contributed by atoms with van der Waals surface area (Å²) in [5, 5.41) is 8.60. The van der Waals surface area contributed by atoms with Crippen molar-refractivity contribution in [3.8, 4) is 0 Å². The molecule has 2 aromatic heterocycles. The van der Waals surface area contributed by atoms with E-state index in [2.05, 4.69) is 45.6 Å². The molecule has 1 N–H and O–H groups in total. The lowest BCUT2D eigenvalue weighted by atomic mass is 10.1. The van der Waals surface area contributed by atoms with Gasteiger partial charge in [-0.3, -0.25) is 0 Å². The summed E-state index contributed by atoms with van der Waals surface area (Å²) in [7, 11) is 0. The molecule has 1 unspecified atom stereocenters. The average molecular weight is 234 g/mol. The van der Waals surface area contributed by atoms with Gasteiger partial charge in [0.05, 0.1) is 16.6 Å². The number of hydrogen-bond donors (Lipinski definition) is 1. The molecule has 1 aliphatic heterocycles. The molecule has 76 valence electrons. The van der Waals surface area contributed by atoms with Crippen molar-refractivity contribution in [2.24, 2.45) is 5.10 Å². The molecule has 4 heteroatoms. The minimum Gasteiger partial charge on any atom is -0.301 e. The number of thiophene rings is 2. The van der Waals surface area contributed by atoms with Gasteiger partial charge in [0.2, 0.25) is 0 Å². The number of hydrazone groups is 1. The van der Waals surface area contributed by atoms with Gasteiger partial charge in [0.25, 0.3) is 0 Å². The van der Waals surface area contributed by atoms with E-state index in [1.807, 2.05) is 0 Å². The van der Waals surface area contributed by atoms with Crippen LogP contribution in [0.2, 0.25) is 0 Å². The number of nitrogens with one attached hydrogen (secondary N) is 1. The fraction of sp³-hybridized carbons (Fsp3) is 0.182. The standard InChI is InChI=1S/C11H10N2S2/c1-3-10(14-5-1)8-7-9(13-12-8)11-4-2-6-15-11/h1-6,8,12H,7H2. The Morgan fingerprint density at radius 1 is 1.20 bits per heavy atom. The molecule has 3 heterocycles. The highest BCUT2D eigenvalue weighted by Gasteiger charge is 2.21. The summed E-state index contributed by atoms with van der Waals surface area (Å²) in [5.41, 5.74) is 4.39. The van der Waals surface area contributed by atoms with Gasteiger partial charge in [0.15, 0.2) is 0 Å². The first-order valence-corrected chi connectivity index (χ1v) is 6.59. The Hall–Kier alpha value is -1.13. The van der Waals surface area contributed by atoms with Gasteiger partial charge in [0.1, 0.15) is 0 Å². The van der Waals surface area contributed by atoms with Gasteiger partial charge >= 0.3 is 0 Å². The summed E-state index contributed by atoms with van der Waals surface area (Å²) in [6, 6.07) is 8.82. The van der Waals surface area contributed by atoms with Gasteiger partial charge in [-0.05, 0) is 22.9 Å². The van der Waals surface area contributed by atoms with Gasteiger partial charge in [-0.2, -0.15) is 5.10 Å². The topological polar surface area (TPSA) is 24.4 Å². The predicted molar refractivity (Wildman–Crippen MR) is 65.7 cm³/mol. The van der Waals surface area contributed by atoms with Crippen LogP contribution in [0.4, 0.5) is 0 Å². The minimum absolute atomic E-state index is 0.377. The second-order valence-electron chi connectivity index (χ2n) is 3.44. The Kier molecular flexibility index (Phi) is 2.31. The molecular formula is C11H10N2S2. The Labute approximate surface area is 96.3 Å². The van der Waals surface area contributed by atoms with Gasteiger partial charge in [-0.1, -0.05) is 12.1 Å². The highest BCUT2D eigenvalue weighted by molar-refractivity contribution is 7.12. The lowest BCUT2D eigenvalue weighted by Gasteiger charge is -2.05. The van der Waals surface area contributed by atoms with Gasteiger partial charge < -0.3 is 5.43 Å². The Morgan fingerprint density at radius 2 is 2.07 bits per heavy atom. The van der Waals surface area contributed by atoms with Crippen LogP contribution in [0.25, 0.3) is 0 Å². The van der Waals surface area contributed by atoms with E-state index in [0.29, 0.717) is 6.04 Å². The van der Waals surface area contributed by atoms with Crippen LogP contribution >= 0.6 is 22.7 Å². The molecule has 0 saturated heterocycles. The zero-order chi connectivity index (χ0) is 10.1. The summed E-state index contributed by atoms with van der Waals surface area (Å²) < 4.78 is 0. The summed E-state index contributed by atoms with van der Waals surface area (Å²) in [5.74, 6) is 0. The Balaban J connectivity index is 1.78. The molecule has 0 aromatic carbocycles. The van der Waals surface area contributed by atoms with E-state index < -0.39 is 0 Å². The van der Waals surface area contributed by atoms with Crippen molar-refractivity contribution in [2.45, 2.75) is 12.5 Å². The lowest BCUT2D eigenvalue weighted by Crippen LogP contribution is -2.07. The second kappa shape index (κ2) is 3.79. The third-order valence-corrected chi connectivity index (χ3v) is 4.35. The van der Waals surface area contributed by atoms with E-state index in [1.165, 1.54) is 15.5 Å². The maximum absolute atomic E-state index is 4.40. The van der Waals surface area contributed by atoms with Crippen LogP contribution in [0, 0.1) is 0 Å². The van der Waals surface area contributed by atoms with E-state index in [-0.39, 0.29) is 0 Å². The molecule has 0 saturated carbocycles. The van der Waals surface area contributed by atoms with Crippen molar-refractivity contribution in [1.29, 1.82) is 0 Å². The number of hydrogen-bond acceptors (Lipinski definition) is 4. The van der Waals surface area contributed by atoms with Crippen molar-refractivity contribution in [3.63, 3.8) is 0 Å². The van der Waals surface area contributed by atoms with Crippen LogP contribution in [-0.2, 0) is 0 Å². The van der Waals surface area contributed by atoms with Crippen LogP contribution in [-0.4, -0.2) is 5.71 Å². The highest BCUT2D eigenvalue weighted by atomic mass is 32.1.